The summed E-state index contributed by atoms with van der Waals surface area (Å²) in [4.78, 5) is 0.428. The predicted molar refractivity (Wildman–Crippen MR) is 81.2 cm³/mol. The first kappa shape index (κ1) is 16.6. The Hall–Kier alpha value is 0.590. The third-order valence-corrected chi connectivity index (χ3v) is 5.45. The van der Waals surface area contributed by atoms with Gasteiger partial charge in [-0.3, -0.25) is 0 Å². The molecule has 0 heterocycles. The molecule has 0 saturated carbocycles. The number of halogens is 6. The van der Waals surface area contributed by atoms with Gasteiger partial charge >= 0.3 is 0 Å². The van der Waals surface area contributed by atoms with Crippen LogP contribution in [-0.4, -0.2) is 4.21 Å². The lowest BCUT2D eigenvalue weighted by atomic mass is 10.4. The minimum Gasteiger partial charge on any atom is -0.248 e. The summed E-state index contributed by atoms with van der Waals surface area (Å²) in [5, 5.41) is 0.197. The molecule has 1 rings (SSSR count). The average molecular weight is 385 g/mol. The van der Waals surface area contributed by atoms with E-state index in [2.05, 4.69) is 0 Å². The van der Waals surface area contributed by atoms with Crippen LogP contribution in [0.4, 0.5) is 0 Å². The Morgan fingerprint density at radius 1 is 0.889 bits per heavy atom. The van der Waals surface area contributed by atoms with Crippen molar-refractivity contribution in [3.63, 3.8) is 0 Å². The summed E-state index contributed by atoms with van der Waals surface area (Å²) in [6.07, 6.45) is 0. The number of allylic oxidation sites excluding steroid dienone is 2. The lowest BCUT2D eigenvalue weighted by molar-refractivity contribution is 0.688. The Kier molecular flexibility index (Phi) is 6.84. The number of hydrogen-bond acceptors (Lipinski definition) is 1. The summed E-state index contributed by atoms with van der Waals surface area (Å²) < 4.78 is 11.6. The Labute approximate surface area is 137 Å². The van der Waals surface area contributed by atoms with Crippen LogP contribution >= 0.6 is 69.6 Å². The van der Waals surface area contributed by atoms with Crippen LogP contribution in [-0.2, 0) is 10.8 Å². The third-order valence-electron chi connectivity index (χ3n) is 1.72. The fraction of sp³-hybridized carbons (Fsp3) is 0. The molecule has 0 radical (unpaired) electrons. The summed E-state index contributed by atoms with van der Waals surface area (Å²) >= 11 is 34.0. The molecule has 1 aromatic carbocycles. The smallest absolute Gasteiger partial charge is 0.130 e. The van der Waals surface area contributed by atoms with Crippen molar-refractivity contribution in [2.24, 2.45) is 0 Å². The van der Waals surface area contributed by atoms with Gasteiger partial charge in [-0.05, 0) is 24.3 Å². The minimum absolute atomic E-state index is 0.160. The lowest BCUT2D eigenvalue weighted by Crippen LogP contribution is -1.93. The molecule has 0 aliphatic rings. The second kappa shape index (κ2) is 7.39. The Balaban J connectivity index is 3.15. The van der Waals surface area contributed by atoms with E-state index in [0.29, 0.717) is 9.92 Å². The molecule has 98 valence electrons. The zero-order chi connectivity index (χ0) is 13.9. The van der Waals surface area contributed by atoms with Gasteiger partial charge in [0.2, 0.25) is 0 Å². The van der Waals surface area contributed by atoms with Crippen molar-refractivity contribution in [2.75, 3.05) is 0 Å². The molecule has 0 spiro atoms. The zero-order valence-corrected chi connectivity index (χ0v) is 13.7. The van der Waals surface area contributed by atoms with Crippen molar-refractivity contribution >= 4 is 80.4 Å². The molecule has 0 fully saturated rings. The highest BCUT2D eigenvalue weighted by Crippen LogP contribution is 2.34. The van der Waals surface area contributed by atoms with Crippen molar-refractivity contribution in [1.29, 1.82) is 0 Å². The summed E-state index contributed by atoms with van der Waals surface area (Å²) in [6, 6.07) is 6.29. The van der Waals surface area contributed by atoms with Crippen molar-refractivity contribution in [1.82, 2.24) is 0 Å². The molecule has 0 aliphatic heterocycles. The Morgan fingerprint density at radius 2 is 1.39 bits per heavy atom. The number of rotatable bonds is 3. The zero-order valence-electron chi connectivity index (χ0n) is 8.39. The number of benzene rings is 1. The first-order valence-corrected chi connectivity index (χ1v) is 7.70. The SMILES string of the molecule is O=S(/C(Cl)=C(\Cl)C(Cl)=C(Cl)Cl)c1ccc(Cl)cc1. The monoisotopic (exact) mass is 382 g/mol. The third kappa shape index (κ3) is 4.31. The van der Waals surface area contributed by atoms with Crippen molar-refractivity contribution in [3.05, 3.63) is 48.2 Å². The molecular formula is C10H4Cl6OS. The predicted octanol–water partition coefficient (Wildman–Crippen LogP) is 5.98. The van der Waals surface area contributed by atoms with Gasteiger partial charge in [-0.25, -0.2) is 4.21 Å². The van der Waals surface area contributed by atoms with Gasteiger partial charge in [0.1, 0.15) is 8.86 Å². The van der Waals surface area contributed by atoms with Crippen molar-refractivity contribution in [3.8, 4) is 0 Å². The van der Waals surface area contributed by atoms with Crippen molar-refractivity contribution < 1.29 is 4.21 Å². The maximum absolute atomic E-state index is 12.1. The van der Waals surface area contributed by atoms with Gasteiger partial charge in [0.25, 0.3) is 0 Å². The molecule has 0 amide bonds. The molecule has 0 N–H and O–H groups in total. The van der Waals surface area contributed by atoms with Gasteiger partial charge in [0.15, 0.2) is 0 Å². The maximum atomic E-state index is 12.1. The fourth-order valence-electron chi connectivity index (χ4n) is 0.912. The first-order chi connectivity index (χ1) is 8.34. The highest BCUT2D eigenvalue weighted by molar-refractivity contribution is 7.90. The van der Waals surface area contributed by atoms with Gasteiger partial charge in [-0.2, -0.15) is 0 Å². The topological polar surface area (TPSA) is 17.1 Å². The maximum Gasteiger partial charge on any atom is 0.130 e. The standard InChI is InChI=1S/C10H4Cl6OS/c11-5-1-3-6(4-2-5)18(17)10(16)8(13)7(12)9(14)15/h1-4H/b10-8-. The van der Waals surface area contributed by atoms with E-state index in [9.17, 15) is 4.21 Å². The molecule has 1 atom stereocenters. The van der Waals surface area contributed by atoms with E-state index in [-0.39, 0.29) is 18.9 Å². The van der Waals surface area contributed by atoms with Crippen molar-refractivity contribution in [2.45, 2.75) is 4.90 Å². The first-order valence-electron chi connectivity index (χ1n) is 4.28. The molecule has 0 bridgehead atoms. The quantitative estimate of drug-likeness (QED) is 0.586. The molecule has 0 aliphatic carbocycles. The Morgan fingerprint density at radius 3 is 1.83 bits per heavy atom. The van der Waals surface area contributed by atoms with E-state index < -0.39 is 10.8 Å². The van der Waals surface area contributed by atoms with Crippen LogP contribution in [0.15, 0.2) is 48.1 Å². The van der Waals surface area contributed by atoms with E-state index in [0.717, 1.165) is 0 Å². The van der Waals surface area contributed by atoms with Gasteiger partial charge in [0, 0.05) is 9.92 Å². The normalized spacial score (nSPS) is 13.9. The van der Waals surface area contributed by atoms with E-state index in [1.807, 2.05) is 0 Å². The van der Waals surface area contributed by atoms with Crippen LogP contribution in [0.1, 0.15) is 0 Å². The average Bonchev–Trinajstić information content (AvgIpc) is 2.36. The second-order valence-corrected chi connectivity index (χ2v) is 7.05. The van der Waals surface area contributed by atoms with Gasteiger partial charge in [-0.15, -0.1) is 0 Å². The summed E-state index contributed by atoms with van der Waals surface area (Å²) in [5.74, 6) is 0. The molecule has 1 unspecified atom stereocenters. The van der Waals surface area contributed by atoms with Gasteiger partial charge in [0.05, 0.1) is 20.9 Å². The lowest BCUT2D eigenvalue weighted by Gasteiger charge is -2.04. The van der Waals surface area contributed by atoms with E-state index in [1.165, 1.54) is 0 Å². The number of hydrogen-bond donors (Lipinski definition) is 0. The van der Waals surface area contributed by atoms with Crippen LogP contribution in [0.5, 0.6) is 0 Å². The highest BCUT2D eigenvalue weighted by atomic mass is 35.5. The summed E-state index contributed by atoms with van der Waals surface area (Å²) in [5.41, 5.74) is 0. The van der Waals surface area contributed by atoms with Crippen LogP contribution in [0, 0.1) is 0 Å². The van der Waals surface area contributed by atoms with Gasteiger partial charge in [-0.1, -0.05) is 69.6 Å². The van der Waals surface area contributed by atoms with Crippen LogP contribution in [0.25, 0.3) is 0 Å². The molecule has 8 heteroatoms. The summed E-state index contributed by atoms with van der Waals surface area (Å²) in [7, 11) is -1.69. The van der Waals surface area contributed by atoms with Crippen LogP contribution in [0.2, 0.25) is 5.02 Å². The van der Waals surface area contributed by atoms with E-state index >= 15 is 0 Å². The largest absolute Gasteiger partial charge is 0.248 e. The molecule has 0 aromatic heterocycles. The fourth-order valence-corrected chi connectivity index (χ4v) is 3.04. The second-order valence-electron chi connectivity index (χ2n) is 2.88. The van der Waals surface area contributed by atoms with E-state index in [1.54, 1.807) is 24.3 Å². The molecule has 1 aromatic rings. The highest BCUT2D eigenvalue weighted by Gasteiger charge is 2.16. The van der Waals surface area contributed by atoms with Crippen LogP contribution in [0.3, 0.4) is 0 Å². The summed E-state index contributed by atoms with van der Waals surface area (Å²) in [6.45, 7) is 0. The molecule has 18 heavy (non-hydrogen) atoms. The minimum atomic E-state index is -1.69. The van der Waals surface area contributed by atoms with Crippen LogP contribution < -0.4 is 0 Å². The molecule has 1 nitrogen and oxygen atoms in total. The molecular weight excluding hydrogens is 381 g/mol. The van der Waals surface area contributed by atoms with E-state index in [4.69, 9.17) is 69.6 Å². The Bertz CT molecular complexity index is 530. The van der Waals surface area contributed by atoms with Gasteiger partial charge < -0.3 is 0 Å². The molecule has 0 saturated heterocycles.